The summed E-state index contributed by atoms with van der Waals surface area (Å²) in [6, 6.07) is 6.87. The summed E-state index contributed by atoms with van der Waals surface area (Å²) in [5, 5.41) is 20.4. The molecule has 0 unspecified atom stereocenters. The van der Waals surface area contributed by atoms with Crippen molar-refractivity contribution in [3.63, 3.8) is 0 Å². The molecule has 0 saturated carbocycles. The van der Waals surface area contributed by atoms with E-state index in [0.29, 0.717) is 4.67 Å². The molecular formula is C13H10BBrClNO6. The Morgan fingerprint density at radius 2 is 2.04 bits per heavy atom. The molecule has 10 heteroatoms. The Morgan fingerprint density at radius 1 is 1.30 bits per heavy atom. The van der Waals surface area contributed by atoms with Crippen molar-refractivity contribution in [3.8, 4) is 0 Å². The molecular weight excluding hydrogens is 392 g/mol. The van der Waals surface area contributed by atoms with Gasteiger partial charge in [-0.05, 0) is 45.7 Å². The molecule has 1 heterocycles. The third-order valence-corrected chi connectivity index (χ3v) is 3.48. The van der Waals surface area contributed by atoms with Gasteiger partial charge >= 0.3 is 13.1 Å². The Morgan fingerprint density at radius 3 is 2.61 bits per heavy atom. The van der Waals surface area contributed by atoms with Crippen molar-refractivity contribution in [1.29, 1.82) is 0 Å². The van der Waals surface area contributed by atoms with Crippen LogP contribution in [0.3, 0.4) is 0 Å². The van der Waals surface area contributed by atoms with Crippen LogP contribution in [-0.2, 0) is 4.74 Å². The van der Waals surface area contributed by atoms with Gasteiger partial charge in [-0.15, -0.1) is 0 Å². The van der Waals surface area contributed by atoms with E-state index in [2.05, 4.69) is 21.2 Å². The summed E-state index contributed by atoms with van der Waals surface area (Å²) in [4.78, 5) is 23.5. The van der Waals surface area contributed by atoms with Crippen molar-refractivity contribution < 1.29 is 28.8 Å². The van der Waals surface area contributed by atoms with Crippen molar-refractivity contribution in [2.75, 3.05) is 6.73 Å². The van der Waals surface area contributed by atoms with Crippen molar-refractivity contribution in [3.05, 3.63) is 51.3 Å². The molecule has 0 atom stereocenters. The molecule has 120 valence electrons. The molecule has 0 spiro atoms. The fourth-order valence-electron chi connectivity index (χ4n) is 1.63. The first kappa shape index (κ1) is 17.5. The minimum atomic E-state index is -1.69. The number of nitrogens with one attached hydrogen (secondary N) is 1. The summed E-state index contributed by atoms with van der Waals surface area (Å²) in [7, 11) is -1.69. The zero-order chi connectivity index (χ0) is 17.0. The van der Waals surface area contributed by atoms with Gasteiger partial charge in [0.2, 0.25) is 0 Å². The monoisotopic (exact) mass is 401 g/mol. The van der Waals surface area contributed by atoms with Gasteiger partial charge in [0.1, 0.15) is 0 Å². The molecule has 1 aromatic heterocycles. The molecule has 2 rings (SSSR count). The van der Waals surface area contributed by atoms with E-state index in [-0.39, 0.29) is 28.5 Å². The number of rotatable bonds is 5. The predicted molar refractivity (Wildman–Crippen MR) is 85.4 cm³/mol. The maximum absolute atomic E-state index is 11.9. The number of hydrogen-bond donors (Lipinski definition) is 3. The first-order chi connectivity index (χ1) is 10.9. The van der Waals surface area contributed by atoms with Crippen LogP contribution in [0.1, 0.15) is 20.9 Å². The van der Waals surface area contributed by atoms with Gasteiger partial charge in [0, 0.05) is 0 Å². The van der Waals surface area contributed by atoms with Gasteiger partial charge in [0.15, 0.2) is 17.2 Å². The van der Waals surface area contributed by atoms with Crippen LogP contribution in [-0.4, -0.2) is 35.8 Å². The summed E-state index contributed by atoms with van der Waals surface area (Å²) < 4.78 is 10.3. The van der Waals surface area contributed by atoms with E-state index in [0.717, 1.165) is 0 Å². The summed E-state index contributed by atoms with van der Waals surface area (Å²) in [5.41, 5.74) is 0.175. The van der Waals surface area contributed by atoms with E-state index in [9.17, 15) is 9.59 Å². The molecule has 1 amide bonds. The van der Waals surface area contributed by atoms with Gasteiger partial charge < -0.3 is 24.5 Å². The Bertz CT molecular complexity index is 735. The third-order valence-electron chi connectivity index (χ3n) is 2.74. The zero-order valence-electron chi connectivity index (χ0n) is 11.5. The van der Waals surface area contributed by atoms with Gasteiger partial charge in [-0.1, -0.05) is 17.7 Å². The second-order valence-electron chi connectivity index (χ2n) is 4.30. The Hall–Kier alpha value is -1.81. The highest BCUT2D eigenvalue weighted by atomic mass is 79.9. The van der Waals surface area contributed by atoms with Gasteiger partial charge in [0.05, 0.1) is 10.6 Å². The van der Waals surface area contributed by atoms with Gasteiger partial charge in [-0.3, -0.25) is 4.79 Å². The molecule has 2 aromatic rings. The Balaban J connectivity index is 1.91. The average Bonchev–Trinajstić information content (AvgIpc) is 2.93. The maximum Gasteiger partial charge on any atom is 0.488 e. The molecule has 0 aliphatic rings. The maximum atomic E-state index is 11.9. The summed E-state index contributed by atoms with van der Waals surface area (Å²) in [5.74, 6) is -1.25. The summed E-state index contributed by atoms with van der Waals surface area (Å²) >= 11 is 8.94. The first-order valence-corrected chi connectivity index (χ1v) is 7.42. The molecule has 7 nitrogen and oxygen atoms in total. The van der Waals surface area contributed by atoms with Crippen molar-refractivity contribution in [2.24, 2.45) is 0 Å². The summed E-state index contributed by atoms with van der Waals surface area (Å²) in [6.07, 6.45) is 0. The van der Waals surface area contributed by atoms with Crippen LogP contribution in [0.15, 0.2) is 39.4 Å². The predicted octanol–water partition coefficient (Wildman–Crippen LogP) is 0.920. The molecule has 3 N–H and O–H groups in total. The van der Waals surface area contributed by atoms with Crippen LogP contribution in [0.4, 0.5) is 0 Å². The minimum absolute atomic E-state index is 0.00175. The SMILES string of the molecule is O=C(NCOC(=O)c1ccc(B(O)O)cc1Cl)c1ccc(Br)o1. The van der Waals surface area contributed by atoms with Crippen LogP contribution in [0.2, 0.25) is 5.02 Å². The Labute approximate surface area is 144 Å². The molecule has 0 saturated heterocycles. The topological polar surface area (TPSA) is 109 Å². The number of carbonyl (C=O) groups excluding carboxylic acids is 2. The number of hydrogen-bond acceptors (Lipinski definition) is 6. The minimum Gasteiger partial charge on any atom is -0.444 e. The lowest BCUT2D eigenvalue weighted by molar-refractivity contribution is 0.0460. The van der Waals surface area contributed by atoms with Gasteiger partial charge in [-0.2, -0.15) is 0 Å². The lowest BCUT2D eigenvalue weighted by Crippen LogP contribution is -2.30. The van der Waals surface area contributed by atoms with Crippen LogP contribution in [0.25, 0.3) is 0 Å². The first-order valence-electron chi connectivity index (χ1n) is 6.24. The molecule has 0 radical (unpaired) electrons. The second-order valence-corrected chi connectivity index (χ2v) is 5.49. The number of ether oxygens (including phenoxy) is 1. The van der Waals surface area contributed by atoms with Gasteiger partial charge in [-0.25, -0.2) is 4.79 Å². The van der Waals surface area contributed by atoms with Crippen LogP contribution in [0.5, 0.6) is 0 Å². The van der Waals surface area contributed by atoms with Crippen LogP contribution in [0, 0.1) is 0 Å². The number of esters is 1. The fourth-order valence-corrected chi connectivity index (χ4v) is 2.20. The highest BCUT2D eigenvalue weighted by Gasteiger charge is 2.17. The highest BCUT2D eigenvalue weighted by Crippen LogP contribution is 2.16. The van der Waals surface area contributed by atoms with Crippen LogP contribution >= 0.6 is 27.5 Å². The molecule has 0 bridgehead atoms. The number of carbonyl (C=O) groups is 2. The quantitative estimate of drug-likeness (QED) is 0.390. The van der Waals surface area contributed by atoms with E-state index >= 15 is 0 Å². The number of furan rings is 1. The summed E-state index contributed by atoms with van der Waals surface area (Å²) in [6.45, 7) is -0.378. The average molecular weight is 402 g/mol. The largest absolute Gasteiger partial charge is 0.488 e. The number of amides is 1. The van der Waals surface area contributed by atoms with Crippen LogP contribution < -0.4 is 10.8 Å². The Kier molecular flexibility index (Phi) is 5.83. The third kappa shape index (κ3) is 4.58. The van der Waals surface area contributed by atoms with Crippen molar-refractivity contribution in [1.82, 2.24) is 5.32 Å². The van der Waals surface area contributed by atoms with Crippen molar-refractivity contribution in [2.45, 2.75) is 0 Å². The lowest BCUT2D eigenvalue weighted by atomic mass is 9.80. The molecule has 0 aliphatic heterocycles. The fraction of sp³-hybridized carbons (Fsp3) is 0.0769. The van der Waals surface area contributed by atoms with Crippen molar-refractivity contribution >= 4 is 52.0 Å². The van der Waals surface area contributed by atoms with E-state index in [1.54, 1.807) is 6.07 Å². The molecule has 0 fully saturated rings. The smallest absolute Gasteiger partial charge is 0.444 e. The van der Waals surface area contributed by atoms with E-state index < -0.39 is 19.0 Å². The highest BCUT2D eigenvalue weighted by molar-refractivity contribution is 9.10. The number of benzene rings is 1. The molecule has 0 aliphatic carbocycles. The van der Waals surface area contributed by atoms with E-state index in [1.807, 2.05) is 0 Å². The van der Waals surface area contributed by atoms with Gasteiger partial charge in [0.25, 0.3) is 5.91 Å². The molecule has 1 aromatic carbocycles. The zero-order valence-corrected chi connectivity index (χ0v) is 13.8. The van der Waals surface area contributed by atoms with E-state index in [1.165, 1.54) is 24.3 Å². The second kappa shape index (κ2) is 7.65. The normalized spacial score (nSPS) is 10.3. The standard InChI is InChI=1S/C13H10BBrClNO6/c15-11-4-3-10(23-11)12(18)17-6-22-13(19)8-2-1-7(14(20)21)5-9(8)16/h1-5,20-21H,6H2,(H,17,18). The van der Waals surface area contributed by atoms with E-state index in [4.69, 9.17) is 30.8 Å². The molecule has 23 heavy (non-hydrogen) atoms. The lowest BCUT2D eigenvalue weighted by Gasteiger charge is -2.08. The number of halogens is 2.